The van der Waals surface area contributed by atoms with E-state index in [1.807, 2.05) is 91.0 Å². The monoisotopic (exact) mass is 480 g/mol. The van der Waals surface area contributed by atoms with Crippen LogP contribution in [0.3, 0.4) is 0 Å². The van der Waals surface area contributed by atoms with Crippen molar-refractivity contribution in [2.24, 2.45) is 0 Å². The highest BCUT2D eigenvalue weighted by Gasteiger charge is 2.48. The lowest BCUT2D eigenvalue weighted by Gasteiger charge is -2.46. The van der Waals surface area contributed by atoms with Gasteiger partial charge in [0.15, 0.2) is 6.29 Å². The molecular formula is C28H33O5P. The summed E-state index contributed by atoms with van der Waals surface area (Å²) in [6.07, 6.45) is -2.66. The molecule has 1 N–H and O–H groups in total. The molecular weight excluding hydrogens is 447 g/mol. The second-order valence-corrected chi connectivity index (χ2v) is 11.1. The molecule has 1 saturated heterocycles. The Labute approximate surface area is 203 Å². The molecule has 4 rings (SSSR count). The van der Waals surface area contributed by atoms with Crippen molar-refractivity contribution in [3.63, 3.8) is 0 Å². The number of aliphatic hydroxyl groups is 1. The van der Waals surface area contributed by atoms with Gasteiger partial charge in [-0.1, -0.05) is 98.9 Å². The molecule has 180 valence electrons. The zero-order valence-electron chi connectivity index (χ0n) is 19.7. The van der Waals surface area contributed by atoms with E-state index in [0.717, 1.165) is 16.7 Å². The van der Waals surface area contributed by atoms with Crippen LogP contribution in [0, 0.1) is 0 Å². The van der Waals surface area contributed by atoms with Crippen molar-refractivity contribution in [1.29, 1.82) is 0 Å². The van der Waals surface area contributed by atoms with E-state index in [0.29, 0.717) is 19.8 Å². The summed E-state index contributed by atoms with van der Waals surface area (Å²) in [5.74, 6) is -0.272. The maximum Gasteiger partial charge on any atom is 0.184 e. The summed E-state index contributed by atoms with van der Waals surface area (Å²) in [4.78, 5) is 0. The van der Waals surface area contributed by atoms with Crippen LogP contribution < -0.4 is 0 Å². The van der Waals surface area contributed by atoms with Crippen LogP contribution >= 0.6 is 7.92 Å². The fourth-order valence-corrected chi connectivity index (χ4v) is 5.28. The molecule has 5 nitrogen and oxygen atoms in total. The van der Waals surface area contributed by atoms with Crippen molar-refractivity contribution in [3.8, 4) is 0 Å². The summed E-state index contributed by atoms with van der Waals surface area (Å²) >= 11 is 0. The highest BCUT2D eigenvalue weighted by Crippen LogP contribution is 2.43. The van der Waals surface area contributed by atoms with Gasteiger partial charge in [-0.2, -0.15) is 0 Å². The summed E-state index contributed by atoms with van der Waals surface area (Å²) in [6, 6.07) is 30.0. The first kappa shape index (κ1) is 25.0. The zero-order chi connectivity index (χ0) is 23.8. The van der Waals surface area contributed by atoms with Gasteiger partial charge in [0, 0.05) is 0 Å². The quantitative estimate of drug-likeness (QED) is 0.407. The predicted octanol–water partition coefficient (Wildman–Crippen LogP) is 5.16. The van der Waals surface area contributed by atoms with Crippen molar-refractivity contribution in [2.75, 3.05) is 13.3 Å². The zero-order valence-corrected chi connectivity index (χ0v) is 20.6. The number of ether oxygens (including phenoxy) is 4. The van der Waals surface area contributed by atoms with E-state index in [1.54, 1.807) is 0 Å². The van der Waals surface area contributed by atoms with Gasteiger partial charge < -0.3 is 24.1 Å². The van der Waals surface area contributed by atoms with Crippen molar-refractivity contribution < 1.29 is 24.1 Å². The standard InChI is InChI=1S/C28H33O5P/c1-34(2)28-26(32-20-23-16-10-5-11-17-23)24(30-18-21-12-6-3-7-13-21)25(27(29)33-28)31-19-22-14-8-4-9-15-22/h3-17,24-29H,18-20H2,1-2H3/t24-,25-,26+,27+,28+/m1/s1. The van der Waals surface area contributed by atoms with Gasteiger partial charge in [-0.25, -0.2) is 0 Å². The highest BCUT2D eigenvalue weighted by molar-refractivity contribution is 7.56. The van der Waals surface area contributed by atoms with Crippen LogP contribution in [-0.2, 0) is 38.8 Å². The Balaban J connectivity index is 1.56. The molecule has 34 heavy (non-hydrogen) atoms. The Morgan fingerprint density at radius 1 is 0.618 bits per heavy atom. The van der Waals surface area contributed by atoms with E-state index in [2.05, 4.69) is 13.3 Å². The Morgan fingerprint density at radius 3 is 1.41 bits per heavy atom. The third kappa shape index (κ3) is 6.73. The fraction of sp³-hybridized carbons (Fsp3) is 0.357. The fourth-order valence-electron chi connectivity index (χ4n) is 4.07. The largest absolute Gasteiger partial charge is 0.368 e. The maximum absolute atomic E-state index is 11.0. The molecule has 5 atom stereocenters. The molecule has 0 saturated carbocycles. The minimum Gasteiger partial charge on any atom is -0.368 e. The normalized spacial score (nSPS) is 24.9. The van der Waals surface area contributed by atoms with Crippen LogP contribution in [-0.4, -0.2) is 48.9 Å². The molecule has 0 bridgehead atoms. The van der Waals surface area contributed by atoms with Crippen LogP contribution in [0.25, 0.3) is 0 Å². The highest BCUT2D eigenvalue weighted by atomic mass is 31.1. The second kappa shape index (κ2) is 12.6. The van der Waals surface area contributed by atoms with Gasteiger partial charge in [0.25, 0.3) is 0 Å². The molecule has 0 radical (unpaired) electrons. The Hall–Kier alpha value is -2.11. The van der Waals surface area contributed by atoms with Crippen LogP contribution in [0.2, 0.25) is 0 Å². The lowest BCUT2D eigenvalue weighted by atomic mass is 10.0. The van der Waals surface area contributed by atoms with E-state index in [1.165, 1.54) is 0 Å². The van der Waals surface area contributed by atoms with Gasteiger partial charge in [-0.15, -0.1) is 0 Å². The van der Waals surface area contributed by atoms with Crippen molar-refractivity contribution in [3.05, 3.63) is 108 Å². The number of benzene rings is 3. The van der Waals surface area contributed by atoms with Gasteiger partial charge in [-0.05, 0) is 30.0 Å². The summed E-state index contributed by atoms with van der Waals surface area (Å²) in [5, 5.41) is 11.0. The van der Waals surface area contributed by atoms with Crippen molar-refractivity contribution >= 4 is 7.92 Å². The minimum atomic E-state index is -1.10. The average Bonchev–Trinajstić information content (AvgIpc) is 2.87. The minimum absolute atomic E-state index is 0.272. The molecule has 1 fully saturated rings. The van der Waals surface area contributed by atoms with E-state index >= 15 is 0 Å². The molecule has 0 amide bonds. The molecule has 0 aliphatic carbocycles. The summed E-state index contributed by atoms with van der Waals surface area (Å²) in [7, 11) is -0.572. The van der Waals surface area contributed by atoms with E-state index < -0.39 is 26.4 Å². The molecule has 1 heterocycles. The van der Waals surface area contributed by atoms with Crippen molar-refractivity contribution in [1.82, 2.24) is 0 Å². The topological polar surface area (TPSA) is 57.2 Å². The molecule has 0 unspecified atom stereocenters. The Bertz CT molecular complexity index is 970. The number of rotatable bonds is 10. The molecule has 1 aliphatic rings. The van der Waals surface area contributed by atoms with Crippen molar-refractivity contribution in [2.45, 2.75) is 50.3 Å². The third-order valence-electron chi connectivity index (χ3n) is 5.85. The predicted molar refractivity (Wildman–Crippen MR) is 135 cm³/mol. The van der Waals surface area contributed by atoms with E-state index in [9.17, 15) is 5.11 Å². The molecule has 0 aromatic heterocycles. The molecule has 0 spiro atoms. The molecule has 1 aliphatic heterocycles. The Morgan fingerprint density at radius 2 is 1.00 bits per heavy atom. The Kier molecular flexibility index (Phi) is 9.23. The van der Waals surface area contributed by atoms with E-state index in [4.69, 9.17) is 18.9 Å². The third-order valence-corrected chi connectivity index (χ3v) is 7.29. The van der Waals surface area contributed by atoms with Gasteiger partial charge in [0.05, 0.1) is 19.8 Å². The first-order valence-corrected chi connectivity index (χ1v) is 13.9. The molecule has 3 aromatic carbocycles. The maximum atomic E-state index is 11.0. The van der Waals surface area contributed by atoms with Gasteiger partial charge in [0.2, 0.25) is 0 Å². The average molecular weight is 481 g/mol. The van der Waals surface area contributed by atoms with Gasteiger partial charge >= 0.3 is 0 Å². The van der Waals surface area contributed by atoms with E-state index in [-0.39, 0.29) is 11.9 Å². The smallest absolute Gasteiger partial charge is 0.184 e. The first-order chi connectivity index (χ1) is 16.6. The number of aliphatic hydroxyl groups excluding tert-OH is 1. The summed E-state index contributed by atoms with van der Waals surface area (Å²) in [5.41, 5.74) is 3.15. The molecule has 3 aromatic rings. The summed E-state index contributed by atoms with van der Waals surface area (Å²) in [6.45, 7) is 5.43. The lowest BCUT2D eigenvalue weighted by Crippen LogP contribution is -2.59. The van der Waals surface area contributed by atoms with Crippen LogP contribution in [0.4, 0.5) is 0 Å². The van der Waals surface area contributed by atoms with Crippen LogP contribution in [0.15, 0.2) is 91.0 Å². The van der Waals surface area contributed by atoms with Gasteiger partial charge in [-0.3, -0.25) is 0 Å². The van der Waals surface area contributed by atoms with Crippen LogP contribution in [0.5, 0.6) is 0 Å². The number of hydrogen-bond donors (Lipinski definition) is 1. The summed E-state index contributed by atoms with van der Waals surface area (Å²) < 4.78 is 25.2. The SMILES string of the molecule is CP(C)[C@@H]1O[C@H](O)[C@H](OCc2ccccc2)[C@@H](OCc2ccccc2)[C@@H]1OCc1ccccc1. The lowest BCUT2D eigenvalue weighted by molar-refractivity contribution is -0.295. The van der Waals surface area contributed by atoms with Gasteiger partial charge in [0.1, 0.15) is 24.2 Å². The number of hydrogen-bond acceptors (Lipinski definition) is 5. The molecule has 6 heteroatoms. The van der Waals surface area contributed by atoms with Crippen LogP contribution in [0.1, 0.15) is 16.7 Å². The first-order valence-electron chi connectivity index (χ1n) is 11.6. The second-order valence-electron chi connectivity index (χ2n) is 8.66.